The van der Waals surface area contributed by atoms with Crippen LogP contribution in [0.4, 0.5) is 4.39 Å². The van der Waals surface area contributed by atoms with E-state index < -0.39 is 0 Å². The minimum Gasteiger partial charge on any atom is -0.278 e. The van der Waals surface area contributed by atoms with Crippen LogP contribution in [0.5, 0.6) is 0 Å². The van der Waals surface area contributed by atoms with Crippen molar-refractivity contribution < 1.29 is 4.39 Å². The summed E-state index contributed by atoms with van der Waals surface area (Å²) >= 11 is 1.61. The van der Waals surface area contributed by atoms with Crippen LogP contribution >= 0.6 is 11.8 Å². The standard InChI is InChI=1S/C13H9FN2S/c14-10-1-3-11(4-2-10)17-12-5-6-13-9(7-12)8-15-16-13/h1-8H,(H,15,16). The Bertz CT molecular complexity index is 646. The van der Waals surface area contributed by atoms with Crippen LogP contribution in [0.1, 0.15) is 0 Å². The fraction of sp³-hybridized carbons (Fsp3) is 0. The Hall–Kier alpha value is -1.81. The molecule has 0 fully saturated rings. The minimum absolute atomic E-state index is 0.209. The topological polar surface area (TPSA) is 28.7 Å². The number of H-pyrrole nitrogens is 1. The van der Waals surface area contributed by atoms with Crippen molar-refractivity contribution >= 4 is 22.7 Å². The molecule has 0 atom stereocenters. The van der Waals surface area contributed by atoms with Crippen LogP contribution in [0.25, 0.3) is 10.9 Å². The number of hydrogen-bond donors (Lipinski definition) is 1. The third-order valence-electron chi connectivity index (χ3n) is 2.46. The number of nitrogens with one attached hydrogen (secondary N) is 1. The van der Waals surface area contributed by atoms with Crippen molar-refractivity contribution in [3.05, 3.63) is 54.5 Å². The number of halogens is 1. The van der Waals surface area contributed by atoms with Gasteiger partial charge in [-0.2, -0.15) is 5.10 Å². The molecular formula is C13H9FN2S. The summed E-state index contributed by atoms with van der Waals surface area (Å²) in [4.78, 5) is 2.14. The molecule has 0 aliphatic carbocycles. The molecule has 0 unspecified atom stereocenters. The van der Waals surface area contributed by atoms with Gasteiger partial charge in [0.15, 0.2) is 0 Å². The summed E-state index contributed by atoms with van der Waals surface area (Å²) in [6, 6.07) is 12.6. The molecule has 0 aliphatic heterocycles. The molecule has 1 aromatic heterocycles. The molecule has 0 saturated heterocycles. The first-order valence-electron chi connectivity index (χ1n) is 5.18. The van der Waals surface area contributed by atoms with Gasteiger partial charge in [0.05, 0.1) is 11.7 Å². The van der Waals surface area contributed by atoms with Gasteiger partial charge in [0.1, 0.15) is 5.82 Å². The predicted octanol–water partition coefficient (Wildman–Crippen LogP) is 3.85. The van der Waals surface area contributed by atoms with Crippen molar-refractivity contribution in [2.24, 2.45) is 0 Å². The highest BCUT2D eigenvalue weighted by atomic mass is 32.2. The fourth-order valence-electron chi connectivity index (χ4n) is 1.62. The average Bonchev–Trinajstić information content (AvgIpc) is 2.79. The van der Waals surface area contributed by atoms with Gasteiger partial charge in [0, 0.05) is 15.2 Å². The van der Waals surface area contributed by atoms with Crippen LogP contribution < -0.4 is 0 Å². The smallest absolute Gasteiger partial charge is 0.123 e. The van der Waals surface area contributed by atoms with E-state index in [1.807, 2.05) is 12.1 Å². The molecule has 0 aliphatic rings. The van der Waals surface area contributed by atoms with Crippen LogP contribution in [0.3, 0.4) is 0 Å². The lowest BCUT2D eigenvalue weighted by molar-refractivity contribution is 0.626. The second kappa shape index (κ2) is 4.22. The summed E-state index contributed by atoms with van der Waals surface area (Å²) in [5, 5.41) is 7.97. The molecule has 1 N–H and O–H groups in total. The van der Waals surface area contributed by atoms with E-state index in [9.17, 15) is 4.39 Å². The molecule has 0 saturated carbocycles. The van der Waals surface area contributed by atoms with Gasteiger partial charge < -0.3 is 0 Å². The van der Waals surface area contributed by atoms with Crippen LogP contribution in [-0.4, -0.2) is 10.2 Å². The Balaban J connectivity index is 1.91. The van der Waals surface area contributed by atoms with E-state index in [0.717, 1.165) is 20.7 Å². The third-order valence-corrected chi connectivity index (χ3v) is 3.46. The lowest BCUT2D eigenvalue weighted by atomic mass is 10.3. The maximum Gasteiger partial charge on any atom is 0.123 e. The fourth-order valence-corrected chi connectivity index (χ4v) is 2.49. The van der Waals surface area contributed by atoms with Crippen LogP contribution in [0.2, 0.25) is 0 Å². The summed E-state index contributed by atoms with van der Waals surface area (Å²) in [5.74, 6) is -0.209. The molecular weight excluding hydrogens is 235 g/mol. The summed E-state index contributed by atoms with van der Waals surface area (Å²) in [6.07, 6.45) is 1.80. The summed E-state index contributed by atoms with van der Waals surface area (Å²) in [6.45, 7) is 0. The van der Waals surface area contributed by atoms with Gasteiger partial charge in [-0.1, -0.05) is 11.8 Å². The van der Waals surface area contributed by atoms with Gasteiger partial charge in [0.25, 0.3) is 0 Å². The highest BCUT2D eigenvalue weighted by Gasteiger charge is 2.00. The lowest BCUT2D eigenvalue weighted by Gasteiger charge is -2.01. The number of hydrogen-bond acceptors (Lipinski definition) is 2. The molecule has 0 radical (unpaired) electrons. The van der Waals surface area contributed by atoms with Crippen LogP contribution in [0.15, 0.2) is 58.5 Å². The zero-order chi connectivity index (χ0) is 11.7. The van der Waals surface area contributed by atoms with E-state index in [1.54, 1.807) is 30.1 Å². The van der Waals surface area contributed by atoms with Gasteiger partial charge in [-0.3, -0.25) is 5.10 Å². The number of aromatic nitrogens is 2. The Morgan fingerprint density at radius 2 is 1.76 bits per heavy atom. The molecule has 2 nitrogen and oxygen atoms in total. The molecule has 1 heterocycles. The van der Waals surface area contributed by atoms with Crippen molar-refractivity contribution in [1.29, 1.82) is 0 Å². The van der Waals surface area contributed by atoms with Crippen molar-refractivity contribution in [2.45, 2.75) is 9.79 Å². The Kier molecular flexibility index (Phi) is 2.57. The summed E-state index contributed by atoms with van der Waals surface area (Å²) in [7, 11) is 0. The molecule has 0 amide bonds. The Morgan fingerprint density at radius 3 is 2.59 bits per heavy atom. The molecule has 84 valence electrons. The van der Waals surface area contributed by atoms with Crippen molar-refractivity contribution in [1.82, 2.24) is 10.2 Å². The van der Waals surface area contributed by atoms with Gasteiger partial charge in [-0.15, -0.1) is 0 Å². The van der Waals surface area contributed by atoms with Gasteiger partial charge >= 0.3 is 0 Å². The van der Waals surface area contributed by atoms with Crippen LogP contribution in [-0.2, 0) is 0 Å². The first-order valence-corrected chi connectivity index (χ1v) is 5.99. The van der Waals surface area contributed by atoms with E-state index in [1.165, 1.54) is 12.1 Å². The molecule has 17 heavy (non-hydrogen) atoms. The zero-order valence-electron chi connectivity index (χ0n) is 8.85. The summed E-state index contributed by atoms with van der Waals surface area (Å²) < 4.78 is 12.8. The second-order valence-corrected chi connectivity index (χ2v) is 4.82. The molecule has 3 rings (SSSR count). The number of benzene rings is 2. The summed E-state index contributed by atoms with van der Waals surface area (Å²) in [5.41, 5.74) is 1.02. The monoisotopic (exact) mass is 244 g/mol. The molecule has 0 bridgehead atoms. The van der Waals surface area contributed by atoms with E-state index in [4.69, 9.17) is 0 Å². The molecule has 3 aromatic rings. The van der Waals surface area contributed by atoms with Gasteiger partial charge in [-0.25, -0.2) is 4.39 Å². The van der Waals surface area contributed by atoms with E-state index in [0.29, 0.717) is 0 Å². The number of fused-ring (bicyclic) bond motifs is 1. The average molecular weight is 244 g/mol. The Labute approximate surface area is 102 Å². The zero-order valence-corrected chi connectivity index (χ0v) is 9.67. The van der Waals surface area contributed by atoms with Crippen LogP contribution in [0, 0.1) is 5.82 Å². The SMILES string of the molecule is Fc1ccc(Sc2ccc3[nH]ncc3c2)cc1. The van der Waals surface area contributed by atoms with E-state index in [2.05, 4.69) is 16.3 Å². The first kappa shape index (κ1) is 10.4. The quantitative estimate of drug-likeness (QED) is 0.741. The highest BCUT2D eigenvalue weighted by Crippen LogP contribution is 2.29. The highest BCUT2D eigenvalue weighted by molar-refractivity contribution is 7.99. The van der Waals surface area contributed by atoms with Gasteiger partial charge in [-0.05, 0) is 42.5 Å². The normalized spacial score (nSPS) is 10.9. The lowest BCUT2D eigenvalue weighted by Crippen LogP contribution is -1.76. The molecule has 0 spiro atoms. The second-order valence-electron chi connectivity index (χ2n) is 3.68. The number of rotatable bonds is 2. The van der Waals surface area contributed by atoms with Crippen molar-refractivity contribution in [3.8, 4) is 0 Å². The van der Waals surface area contributed by atoms with Gasteiger partial charge in [0.2, 0.25) is 0 Å². The maximum absolute atomic E-state index is 12.8. The molecule has 4 heteroatoms. The predicted molar refractivity (Wildman–Crippen MR) is 66.6 cm³/mol. The molecule has 2 aromatic carbocycles. The minimum atomic E-state index is -0.209. The third kappa shape index (κ3) is 2.17. The number of aromatic amines is 1. The first-order chi connectivity index (χ1) is 8.31. The maximum atomic E-state index is 12.8. The van der Waals surface area contributed by atoms with E-state index >= 15 is 0 Å². The van der Waals surface area contributed by atoms with E-state index in [-0.39, 0.29) is 5.82 Å². The largest absolute Gasteiger partial charge is 0.278 e. The van der Waals surface area contributed by atoms with Crippen molar-refractivity contribution in [2.75, 3.05) is 0 Å². The number of nitrogens with zero attached hydrogens (tertiary/aromatic N) is 1. The van der Waals surface area contributed by atoms with Crippen molar-refractivity contribution in [3.63, 3.8) is 0 Å². The Morgan fingerprint density at radius 1 is 1.00 bits per heavy atom.